The maximum atomic E-state index is 12.8. The number of aryl methyl sites for hydroxylation is 1. The lowest BCUT2D eigenvalue weighted by molar-refractivity contribution is -0.138. The van der Waals surface area contributed by atoms with Gasteiger partial charge in [-0.15, -0.1) is 0 Å². The van der Waals surface area contributed by atoms with Gasteiger partial charge in [0.25, 0.3) is 11.5 Å². The summed E-state index contributed by atoms with van der Waals surface area (Å²) < 4.78 is 2.18. The third-order valence-corrected chi connectivity index (χ3v) is 5.90. The van der Waals surface area contributed by atoms with Crippen molar-refractivity contribution in [1.82, 2.24) is 18.9 Å². The second kappa shape index (κ2) is 7.70. The van der Waals surface area contributed by atoms with Crippen LogP contribution in [0.5, 0.6) is 0 Å². The lowest BCUT2D eigenvalue weighted by atomic mass is 9.92. The van der Waals surface area contributed by atoms with E-state index in [2.05, 4.69) is 6.92 Å². The van der Waals surface area contributed by atoms with Crippen molar-refractivity contribution in [2.24, 2.45) is 25.9 Å². The number of amides is 2. The van der Waals surface area contributed by atoms with Crippen LogP contribution in [-0.4, -0.2) is 56.9 Å². The van der Waals surface area contributed by atoms with E-state index in [1.54, 1.807) is 4.90 Å². The largest absolute Gasteiger partial charge is 0.342 e. The van der Waals surface area contributed by atoms with Gasteiger partial charge in [0.05, 0.1) is 0 Å². The van der Waals surface area contributed by atoms with Gasteiger partial charge < -0.3 is 14.4 Å². The normalized spacial score (nSPS) is 19.4. The lowest BCUT2D eigenvalue weighted by Gasteiger charge is -2.36. The van der Waals surface area contributed by atoms with E-state index in [0.717, 1.165) is 30.5 Å². The van der Waals surface area contributed by atoms with E-state index in [-0.39, 0.29) is 23.3 Å². The maximum absolute atomic E-state index is 12.8. The van der Waals surface area contributed by atoms with E-state index in [1.165, 1.54) is 24.9 Å². The quantitative estimate of drug-likeness (QED) is 0.738. The molecule has 2 fully saturated rings. The molecule has 0 aromatic carbocycles. The second-order valence-corrected chi connectivity index (χ2v) is 7.87. The van der Waals surface area contributed by atoms with E-state index in [1.807, 2.05) is 4.90 Å². The van der Waals surface area contributed by atoms with Crippen molar-refractivity contribution in [1.29, 1.82) is 0 Å². The zero-order valence-corrected chi connectivity index (χ0v) is 16.3. The Labute approximate surface area is 158 Å². The van der Waals surface area contributed by atoms with Gasteiger partial charge in [0.2, 0.25) is 5.91 Å². The van der Waals surface area contributed by atoms with Gasteiger partial charge in [-0.1, -0.05) is 6.92 Å². The van der Waals surface area contributed by atoms with Crippen molar-refractivity contribution in [3.05, 3.63) is 32.6 Å². The average molecular weight is 376 g/mol. The van der Waals surface area contributed by atoms with Crippen LogP contribution in [0.2, 0.25) is 0 Å². The van der Waals surface area contributed by atoms with Crippen molar-refractivity contribution >= 4 is 11.8 Å². The molecule has 1 aromatic heterocycles. The Kier molecular flexibility index (Phi) is 5.53. The minimum absolute atomic E-state index is 0.00519. The van der Waals surface area contributed by atoms with Crippen LogP contribution in [-0.2, 0) is 18.9 Å². The van der Waals surface area contributed by atoms with Crippen LogP contribution >= 0.6 is 0 Å². The van der Waals surface area contributed by atoms with Gasteiger partial charge in [-0.2, -0.15) is 0 Å². The minimum Gasteiger partial charge on any atom is -0.342 e. The zero-order valence-electron chi connectivity index (χ0n) is 16.3. The molecule has 148 valence electrons. The maximum Gasteiger partial charge on any atom is 0.330 e. The van der Waals surface area contributed by atoms with Crippen molar-refractivity contribution in [3.8, 4) is 0 Å². The summed E-state index contributed by atoms with van der Waals surface area (Å²) in [7, 11) is 2.88. The molecule has 2 amide bonds. The highest BCUT2D eigenvalue weighted by Gasteiger charge is 2.32. The first-order chi connectivity index (χ1) is 12.8. The standard InChI is InChI=1S/C19H28N4O4/c1-13-4-8-22(9-5-13)16(24)14-6-10-23(11-7-14)18(26)15-12-20(2)19(27)21(3)17(15)25/h12-14H,4-11H2,1-3H3. The fourth-order valence-corrected chi connectivity index (χ4v) is 3.94. The van der Waals surface area contributed by atoms with Crippen molar-refractivity contribution in [2.45, 2.75) is 32.6 Å². The highest BCUT2D eigenvalue weighted by Crippen LogP contribution is 2.24. The predicted molar refractivity (Wildman–Crippen MR) is 101 cm³/mol. The van der Waals surface area contributed by atoms with Crippen LogP contribution in [0, 0.1) is 11.8 Å². The molecule has 2 saturated heterocycles. The molecule has 3 rings (SSSR count). The third-order valence-electron chi connectivity index (χ3n) is 5.90. The van der Waals surface area contributed by atoms with Crippen LogP contribution < -0.4 is 11.2 Å². The molecule has 27 heavy (non-hydrogen) atoms. The molecule has 8 nitrogen and oxygen atoms in total. The topological polar surface area (TPSA) is 84.6 Å². The van der Waals surface area contributed by atoms with Crippen LogP contribution in [0.25, 0.3) is 0 Å². The van der Waals surface area contributed by atoms with Gasteiger partial charge in [-0.25, -0.2) is 4.79 Å². The number of piperidine rings is 2. The Bertz CT molecular complexity index is 840. The molecular weight excluding hydrogens is 348 g/mol. The number of carbonyl (C=O) groups is 2. The first kappa shape index (κ1) is 19.4. The van der Waals surface area contributed by atoms with Gasteiger partial charge in [0, 0.05) is 52.4 Å². The summed E-state index contributed by atoms with van der Waals surface area (Å²) in [5.74, 6) is 0.458. The third kappa shape index (κ3) is 3.84. The molecule has 3 heterocycles. The highest BCUT2D eigenvalue weighted by molar-refractivity contribution is 5.93. The highest BCUT2D eigenvalue weighted by atomic mass is 16.2. The van der Waals surface area contributed by atoms with Crippen LogP contribution in [0.4, 0.5) is 0 Å². The van der Waals surface area contributed by atoms with Gasteiger partial charge >= 0.3 is 5.69 Å². The van der Waals surface area contributed by atoms with Crippen molar-refractivity contribution < 1.29 is 9.59 Å². The zero-order chi connectivity index (χ0) is 19.7. The van der Waals surface area contributed by atoms with Gasteiger partial charge in [0.15, 0.2) is 0 Å². The first-order valence-electron chi connectivity index (χ1n) is 9.64. The van der Waals surface area contributed by atoms with E-state index in [9.17, 15) is 19.2 Å². The number of likely N-dealkylation sites (tertiary alicyclic amines) is 2. The fourth-order valence-electron chi connectivity index (χ4n) is 3.94. The molecule has 2 aliphatic rings. The molecule has 0 unspecified atom stereocenters. The Morgan fingerprint density at radius 3 is 2.07 bits per heavy atom. The van der Waals surface area contributed by atoms with E-state index in [4.69, 9.17) is 0 Å². The molecule has 2 aliphatic heterocycles. The molecule has 0 radical (unpaired) electrons. The second-order valence-electron chi connectivity index (χ2n) is 7.87. The summed E-state index contributed by atoms with van der Waals surface area (Å²) >= 11 is 0. The number of nitrogens with zero attached hydrogens (tertiary/aromatic N) is 4. The molecule has 0 spiro atoms. The van der Waals surface area contributed by atoms with Gasteiger partial charge in [-0.05, 0) is 31.6 Å². The van der Waals surface area contributed by atoms with Crippen LogP contribution in [0.3, 0.4) is 0 Å². The van der Waals surface area contributed by atoms with E-state index in [0.29, 0.717) is 31.8 Å². The summed E-state index contributed by atoms with van der Waals surface area (Å²) in [6.45, 7) is 4.77. The summed E-state index contributed by atoms with van der Waals surface area (Å²) in [5, 5.41) is 0. The van der Waals surface area contributed by atoms with Crippen molar-refractivity contribution in [2.75, 3.05) is 26.2 Å². The average Bonchev–Trinajstić information content (AvgIpc) is 2.69. The summed E-state index contributed by atoms with van der Waals surface area (Å²) in [6.07, 6.45) is 4.64. The summed E-state index contributed by atoms with van der Waals surface area (Å²) in [5.41, 5.74) is -1.05. The molecule has 0 N–H and O–H groups in total. The number of hydrogen-bond acceptors (Lipinski definition) is 4. The van der Waals surface area contributed by atoms with Crippen LogP contribution in [0.15, 0.2) is 15.8 Å². The number of aromatic nitrogens is 2. The summed E-state index contributed by atoms with van der Waals surface area (Å²) in [4.78, 5) is 53.1. The lowest BCUT2D eigenvalue weighted by Crippen LogP contribution is -2.48. The SMILES string of the molecule is CC1CCN(C(=O)C2CCN(C(=O)c3cn(C)c(=O)n(C)c3=O)CC2)CC1. The molecule has 1 aromatic rings. The molecule has 0 aliphatic carbocycles. The molecule has 0 bridgehead atoms. The Morgan fingerprint density at radius 2 is 1.48 bits per heavy atom. The Hall–Kier alpha value is -2.38. The minimum atomic E-state index is -0.580. The van der Waals surface area contributed by atoms with Gasteiger partial charge in [0.1, 0.15) is 5.56 Å². The molecule has 0 saturated carbocycles. The van der Waals surface area contributed by atoms with Crippen molar-refractivity contribution in [3.63, 3.8) is 0 Å². The molecule has 0 atom stereocenters. The predicted octanol–water partition coefficient (Wildman–Crippen LogP) is 0.195. The number of carbonyl (C=O) groups excluding carboxylic acids is 2. The monoisotopic (exact) mass is 376 g/mol. The fraction of sp³-hybridized carbons (Fsp3) is 0.684. The van der Waals surface area contributed by atoms with E-state index < -0.39 is 11.2 Å². The van der Waals surface area contributed by atoms with E-state index >= 15 is 0 Å². The molecular formula is C19H28N4O4. The Morgan fingerprint density at radius 1 is 0.926 bits per heavy atom. The van der Waals surface area contributed by atoms with Crippen LogP contribution in [0.1, 0.15) is 43.0 Å². The van der Waals surface area contributed by atoms with Gasteiger partial charge in [-0.3, -0.25) is 19.0 Å². The number of hydrogen-bond donors (Lipinski definition) is 0. The first-order valence-corrected chi connectivity index (χ1v) is 9.64. The smallest absolute Gasteiger partial charge is 0.330 e. The molecule has 8 heteroatoms. The summed E-state index contributed by atoms with van der Waals surface area (Å²) in [6, 6.07) is 0. The number of rotatable bonds is 2. The Balaban J connectivity index is 1.64.